The Hall–Kier alpha value is -6.92. The summed E-state index contributed by atoms with van der Waals surface area (Å²) in [6.07, 6.45) is 15.0. The molecular formula is C75H78BN3O2. The minimum atomic E-state index is -0.459. The molecule has 3 aliphatic heterocycles. The predicted molar refractivity (Wildman–Crippen MR) is 340 cm³/mol. The van der Waals surface area contributed by atoms with Crippen LogP contribution in [0.2, 0.25) is 0 Å². The quantitative estimate of drug-likeness (QED) is 0.164. The highest BCUT2D eigenvalue weighted by atomic mass is 16.3. The summed E-state index contributed by atoms with van der Waals surface area (Å²) in [6.45, 7) is 32.0. The van der Waals surface area contributed by atoms with E-state index in [-0.39, 0.29) is 39.2 Å². The van der Waals surface area contributed by atoms with E-state index in [1.54, 1.807) is 16.7 Å². The van der Waals surface area contributed by atoms with E-state index < -0.39 is 5.54 Å². The molecule has 6 atom stereocenters. The molecule has 0 saturated heterocycles. The van der Waals surface area contributed by atoms with Crippen molar-refractivity contribution in [2.24, 2.45) is 33.5 Å². The van der Waals surface area contributed by atoms with Crippen LogP contribution in [0.15, 0.2) is 165 Å². The monoisotopic (exact) mass is 1060 g/mol. The van der Waals surface area contributed by atoms with Gasteiger partial charge in [0.15, 0.2) is 0 Å². The van der Waals surface area contributed by atoms with Gasteiger partial charge >= 0.3 is 0 Å². The van der Waals surface area contributed by atoms with Crippen LogP contribution in [-0.4, -0.2) is 12.3 Å². The topological polar surface area (TPSA) is 36.0 Å². The van der Waals surface area contributed by atoms with Crippen LogP contribution < -0.4 is 31.3 Å². The van der Waals surface area contributed by atoms with E-state index >= 15 is 0 Å². The molecule has 6 heteroatoms. The fourth-order valence-electron chi connectivity index (χ4n) is 17.7. The van der Waals surface area contributed by atoms with E-state index in [9.17, 15) is 0 Å². The Morgan fingerprint density at radius 1 is 0.605 bits per heavy atom. The summed E-state index contributed by atoms with van der Waals surface area (Å²) in [7, 11) is 0. The van der Waals surface area contributed by atoms with E-state index in [1.165, 1.54) is 88.2 Å². The number of hydrogen-bond donors (Lipinski definition) is 0. The van der Waals surface area contributed by atoms with Crippen molar-refractivity contribution in [1.29, 1.82) is 0 Å². The lowest BCUT2D eigenvalue weighted by atomic mass is 9.35. The lowest BCUT2D eigenvalue weighted by Gasteiger charge is -2.55. The van der Waals surface area contributed by atoms with E-state index in [0.29, 0.717) is 17.8 Å². The standard InChI is InChI=1S/C75H78BN3O2/c1-69(2,3)44-28-30-55-54(37-44)76-65-57(78(55)56-25-20-26-59-61(56)49-29-27-45(70(4,5)6)38-60(49)80-59)39-48(77(46-21-16-14-17-22-46)47-23-18-15-19-24-47)40-58(65)79-66-50-41-52-62-63(67(50)81-68(66)76)64(62)72(9,10)34-36-73(52,11)43-74(12)35-33-71(7,8)51-31-32-75(79,13)42-53(51)74/h14-32,37-41,62-64H,33-36,42-43H2,1-13H3. The molecule has 0 amide bonds. The second kappa shape index (κ2) is 16.0. The fraction of sp³-hybridized carbons (Fsp3) is 0.387. The van der Waals surface area contributed by atoms with Gasteiger partial charge in [0.25, 0.3) is 6.71 Å². The lowest BCUT2D eigenvalue weighted by molar-refractivity contribution is 0.142. The number of para-hydroxylation sites is 2. The van der Waals surface area contributed by atoms with Crippen LogP contribution in [0, 0.1) is 33.5 Å². The molecule has 5 heterocycles. The van der Waals surface area contributed by atoms with Crippen molar-refractivity contribution in [3.8, 4) is 0 Å². The molecule has 4 bridgehead atoms. The molecule has 0 radical (unpaired) electrons. The van der Waals surface area contributed by atoms with Crippen LogP contribution >= 0.6 is 0 Å². The molecule has 8 aromatic rings. The Morgan fingerprint density at radius 3 is 2.00 bits per heavy atom. The maximum Gasteiger partial charge on any atom is 0.297 e. The summed E-state index contributed by atoms with van der Waals surface area (Å²) in [5.41, 5.74) is 23.5. The Morgan fingerprint density at radius 2 is 1.28 bits per heavy atom. The van der Waals surface area contributed by atoms with Gasteiger partial charge in [-0.05, 0) is 184 Å². The molecule has 2 saturated carbocycles. The van der Waals surface area contributed by atoms with Crippen LogP contribution in [0.5, 0.6) is 0 Å². The Labute approximate surface area is 480 Å². The normalized spacial score (nSPS) is 26.9. The zero-order valence-electron chi connectivity index (χ0n) is 50.1. The molecule has 6 unspecified atom stereocenters. The highest BCUT2D eigenvalue weighted by Crippen LogP contribution is 2.76. The molecule has 5 aliphatic carbocycles. The number of furan rings is 2. The predicted octanol–water partition coefficient (Wildman–Crippen LogP) is 18.8. The van der Waals surface area contributed by atoms with Crippen LogP contribution in [0.4, 0.5) is 45.5 Å². The Kier molecular flexibility index (Phi) is 9.85. The number of hydrogen-bond acceptors (Lipinski definition) is 5. The Bertz CT molecular complexity index is 4100. The van der Waals surface area contributed by atoms with Crippen molar-refractivity contribution in [1.82, 2.24) is 0 Å². The second-order valence-corrected chi connectivity index (χ2v) is 30.4. The van der Waals surface area contributed by atoms with Crippen molar-refractivity contribution in [3.05, 3.63) is 179 Å². The maximum absolute atomic E-state index is 8.11. The average molecular weight is 1060 g/mol. The average Bonchev–Trinajstić information content (AvgIpc) is 1.77. The molecule has 0 N–H and O–H groups in total. The number of benzene rings is 6. The highest BCUT2D eigenvalue weighted by molar-refractivity contribution is 6.99. The molecular weight excluding hydrogens is 986 g/mol. The van der Waals surface area contributed by atoms with Gasteiger partial charge in [0.2, 0.25) is 0 Å². The molecule has 2 fully saturated rings. The molecule has 0 spiro atoms. The minimum Gasteiger partial charge on any atom is -0.472 e. The van der Waals surface area contributed by atoms with Gasteiger partial charge in [-0.15, -0.1) is 0 Å². The third-order valence-electron chi connectivity index (χ3n) is 22.1. The third-order valence-corrected chi connectivity index (χ3v) is 22.1. The van der Waals surface area contributed by atoms with Gasteiger partial charge in [-0.2, -0.15) is 0 Å². The first-order valence-corrected chi connectivity index (χ1v) is 30.6. The summed E-state index contributed by atoms with van der Waals surface area (Å²) >= 11 is 0. The zero-order valence-corrected chi connectivity index (χ0v) is 50.1. The Balaban J connectivity index is 1.06. The summed E-state index contributed by atoms with van der Waals surface area (Å²) in [4.78, 5) is 7.99. The van der Waals surface area contributed by atoms with Gasteiger partial charge in [-0.25, -0.2) is 0 Å². The van der Waals surface area contributed by atoms with Gasteiger partial charge in [0.05, 0.1) is 33.6 Å². The van der Waals surface area contributed by atoms with Gasteiger partial charge in [-0.1, -0.05) is 173 Å². The van der Waals surface area contributed by atoms with Crippen LogP contribution in [0.25, 0.3) is 28.0 Å². The number of nitrogens with zero attached hydrogens (tertiary/aromatic N) is 3. The summed E-state index contributed by atoms with van der Waals surface area (Å²) in [6, 6.07) is 48.2. The summed E-state index contributed by atoms with van der Waals surface area (Å²) in [5.74, 6) is 2.63. The fourth-order valence-corrected chi connectivity index (χ4v) is 17.7. The summed E-state index contributed by atoms with van der Waals surface area (Å²) in [5, 5.41) is 2.25. The number of rotatable bonds is 4. The first-order chi connectivity index (χ1) is 38.5. The molecule has 16 rings (SSSR count). The van der Waals surface area contributed by atoms with Crippen molar-refractivity contribution in [2.75, 3.05) is 14.7 Å². The SMILES string of the molecule is CC1(C)CCC2(C)CC3(C)CCC(C)(C)C4C5C3=Cc3c(oc6c3N(c3cc(N(c7ccccc7)c7ccccc7)cc7c3B6c3cc(C(C)(C)C)ccc3N7c3cccc6oc7cc(C(C)(C)C)ccc7c36)C3(C)C=CC1=C2C3)C54. The molecule has 5 nitrogen and oxygen atoms in total. The first kappa shape index (κ1) is 49.9. The van der Waals surface area contributed by atoms with E-state index in [0.717, 1.165) is 56.8 Å². The highest BCUT2D eigenvalue weighted by Gasteiger charge is 2.68. The van der Waals surface area contributed by atoms with Crippen LogP contribution in [0.1, 0.15) is 157 Å². The lowest BCUT2D eigenvalue weighted by Crippen LogP contribution is -2.64. The van der Waals surface area contributed by atoms with Gasteiger partial charge in [0, 0.05) is 45.3 Å². The van der Waals surface area contributed by atoms with Gasteiger partial charge in [0.1, 0.15) is 16.9 Å². The van der Waals surface area contributed by atoms with Crippen molar-refractivity contribution < 1.29 is 8.83 Å². The van der Waals surface area contributed by atoms with Crippen LogP contribution in [0.3, 0.4) is 0 Å². The van der Waals surface area contributed by atoms with Crippen molar-refractivity contribution in [2.45, 2.75) is 151 Å². The van der Waals surface area contributed by atoms with Gasteiger partial charge < -0.3 is 23.5 Å². The smallest absolute Gasteiger partial charge is 0.297 e. The number of fused-ring (bicyclic) bond motifs is 11. The molecule has 81 heavy (non-hydrogen) atoms. The van der Waals surface area contributed by atoms with Crippen LogP contribution in [-0.2, 0) is 10.8 Å². The maximum atomic E-state index is 8.11. The van der Waals surface area contributed by atoms with E-state index in [2.05, 4.69) is 250 Å². The van der Waals surface area contributed by atoms with E-state index in [1.807, 2.05) is 0 Å². The molecule has 2 aromatic heterocycles. The van der Waals surface area contributed by atoms with E-state index in [4.69, 9.17) is 8.83 Å². The second-order valence-electron chi connectivity index (χ2n) is 30.4. The number of allylic oxidation sites excluding steroid dienone is 3. The summed E-state index contributed by atoms with van der Waals surface area (Å²) < 4.78 is 15.1. The molecule has 6 aromatic carbocycles. The van der Waals surface area contributed by atoms with Crippen molar-refractivity contribution >= 4 is 96.8 Å². The number of anilines is 8. The van der Waals surface area contributed by atoms with Crippen molar-refractivity contribution in [3.63, 3.8) is 0 Å². The third kappa shape index (κ3) is 6.86. The first-order valence-electron chi connectivity index (χ1n) is 30.6. The largest absolute Gasteiger partial charge is 0.472 e. The minimum absolute atomic E-state index is 0.0309. The zero-order chi connectivity index (χ0) is 55.9. The molecule has 8 aliphatic rings. The van der Waals surface area contributed by atoms with Gasteiger partial charge in [-0.3, -0.25) is 0 Å². The molecule has 408 valence electrons.